The standard InChI is InChI=1S/C15H15ClN2O/c16-13-8-6-12(7-9-13)14(15(17)19)18-10-11-4-2-1-3-5-11/h1-9,14,18H,10H2,(H2,17,19). The number of amides is 1. The molecule has 0 saturated heterocycles. The van der Waals surface area contributed by atoms with Gasteiger partial charge in [-0.2, -0.15) is 0 Å². The Hall–Kier alpha value is -1.84. The van der Waals surface area contributed by atoms with Gasteiger partial charge in [0.15, 0.2) is 0 Å². The molecule has 0 aromatic heterocycles. The molecule has 0 saturated carbocycles. The van der Waals surface area contributed by atoms with Crippen LogP contribution in [0.1, 0.15) is 17.2 Å². The fraction of sp³-hybridized carbons (Fsp3) is 0.133. The van der Waals surface area contributed by atoms with Crippen molar-refractivity contribution in [2.75, 3.05) is 0 Å². The zero-order chi connectivity index (χ0) is 13.7. The van der Waals surface area contributed by atoms with Crippen LogP contribution in [0.4, 0.5) is 0 Å². The molecule has 2 rings (SSSR count). The number of halogens is 1. The Balaban J connectivity index is 2.09. The van der Waals surface area contributed by atoms with Crippen LogP contribution in [0.15, 0.2) is 54.6 Å². The molecule has 0 heterocycles. The number of hydrogen-bond acceptors (Lipinski definition) is 2. The van der Waals surface area contributed by atoms with Crippen molar-refractivity contribution in [3.8, 4) is 0 Å². The van der Waals surface area contributed by atoms with Crippen molar-refractivity contribution >= 4 is 17.5 Å². The summed E-state index contributed by atoms with van der Waals surface area (Å²) in [7, 11) is 0. The van der Waals surface area contributed by atoms with Gasteiger partial charge in [-0.1, -0.05) is 54.1 Å². The zero-order valence-corrected chi connectivity index (χ0v) is 11.1. The Bertz CT molecular complexity index is 540. The van der Waals surface area contributed by atoms with E-state index in [1.54, 1.807) is 24.3 Å². The van der Waals surface area contributed by atoms with Gasteiger partial charge in [-0.15, -0.1) is 0 Å². The Labute approximate surface area is 117 Å². The third-order valence-corrected chi connectivity index (χ3v) is 3.09. The maximum Gasteiger partial charge on any atom is 0.239 e. The van der Waals surface area contributed by atoms with E-state index in [-0.39, 0.29) is 0 Å². The van der Waals surface area contributed by atoms with E-state index in [0.717, 1.165) is 11.1 Å². The van der Waals surface area contributed by atoms with E-state index in [9.17, 15) is 4.79 Å². The minimum absolute atomic E-state index is 0.404. The van der Waals surface area contributed by atoms with Crippen LogP contribution in [-0.2, 0) is 11.3 Å². The van der Waals surface area contributed by atoms with E-state index in [1.165, 1.54) is 0 Å². The van der Waals surface area contributed by atoms with Gasteiger partial charge in [-0.05, 0) is 23.3 Å². The molecule has 19 heavy (non-hydrogen) atoms. The summed E-state index contributed by atoms with van der Waals surface area (Å²) >= 11 is 5.83. The first-order valence-corrected chi connectivity index (χ1v) is 6.36. The Kier molecular flexibility index (Phi) is 4.55. The molecule has 1 amide bonds. The molecule has 1 atom stereocenters. The number of rotatable bonds is 5. The molecule has 2 aromatic rings. The predicted octanol–water partition coefficient (Wildman–Crippen LogP) is 2.66. The third kappa shape index (κ3) is 3.81. The lowest BCUT2D eigenvalue weighted by atomic mass is 10.1. The first-order chi connectivity index (χ1) is 9.16. The molecule has 1 unspecified atom stereocenters. The fourth-order valence-corrected chi connectivity index (χ4v) is 1.98. The van der Waals surface area contributed by atoms with Crippen LogP contribution < -0.4 is 11.1 Å². The zero-order valence-electron chi connectivity index (χ0n) is 10.3. The van der Waals surface area contributed by atoms with E-state index in [0.29, 0.717) is 11.6 Å². The Morgan fingerprint density at radius 3 is 2.32 bits per heavy atom. The highest BCUT2D eigenvalue weighted by atomic mass is 35.5. The molecule has 4 heteroatoms. The van der Waals surface area contributed by atoms with Crippen LogP contribution in [0, 0.1) is 0 Å². The average Bonchev–Trinajstić information content (AvgIpc) is 2.42. The number of carbonyl (C=O) groups is 1. The van der Waals surface area contributed by atoms with Crippen molar-refractivity contribution in [3.05, 3.63) is 70.7 Å². The number of nitrogens with one attached hydrogen (secondary N) is 1. The summed E-state index contributed by atoms with van der Waals surface area (Å²) < 4.78 is 0. The molecule has 0 bridgehead atoms. The van der Waals surface area contributed by atoms with Crippen LogP contribution in [-0.4, -0.2) is 5.91 Å². The van der Waals surface area contributed by atoms with E-state index >= 15 is 0 Å². The van der Waals surface area contributed by atoms with Crippen molar-refractivity contribution in [2.24, 2.45) is 5.73 Å². The SMILES string of the molecule is NC(=O)C(NCc1ccccc1)c1ccc(Cl)cc1. The smallest absolute Gasteiger partial charge is 0.239 e. The van der Waals surface area contributed by atoms with Gasteiger partial charge in [0.25, 0.3) is 0 Å². The van der Waals surface area contributed by atoms with Crippen LogP contribution in [0.25, 0.3) is 0 Å². The second-order valence-corrected chi connectivity index (χ2v) is 4.69. The second kappa shape index (κ2) is 6.36. The van der Waals surface area contributed by atoms with Gasteiger partial charge < -0.3 is 5.73 Å². The number of benzene rings is 2. The van der Waals surface area contributed by atoms with E-state index in [1.807, 2.05) is 30.3 Å². The molecule has 0 fully saturated rings. The predicted molar refractivity (Wildman–Crippen MR) is 76.7 cm³/mol. The van der Waals surface area contributed by atoms with Crippen LogP contribution >= 0.6 is 11.6 Å². The number of primary amides is 1. The minimum atomic E-state index is -0.516. The summed E-state index contributed by atoms with van der Waals surface area (Å²) in [5.74, 6) is -0.404. The molecule has 3 nitrogen and oxygen atoms in total. The van der Waals surface area contributed by atoms with Crippen LogP contribution in [0.5, 0.6) is 0 Å². The highest BCUT2D eigenvalue weighted by molar-refractivity contribution is 6.30. The molecule has 0 aliphatic rings. The molecule has 0 radical (unpaired) electrons. The summed E-state index contributed by atoms with van der Waals surface area (Å²) in [4.78, 5) is 11.5. The highest BCUT2D eigenvalue weighted by Gasteiger charge is 2.16. The van der Waals surface area contributed by atoms with Gasteiger partial charge in [-0.25, -0.2) is 0 Å². The monoisotopic (exact) mass is 274 g/mol. The molecule has 3 N–H and O–H groups in total. The van der Waals surface area contributed by atoms with Crippen molar-refractivity contribution in [3.63, 3.8) is 0 Å². The minimum Gasteiger partial charge on any atom is -0.368 e. The van der Waals surface area contributed by atoms with Gasteiger partial charge in [0, 0.05) is 11.6 Å². The average molecular weight is 275 g/mol. The lowest BCUT2D eigenvalue weighted by Gasteiger charge is -2.16. The summed E-state index contributed by atoms with van der Waals surface area (Å²) in [6, 6.07) is 16.4. The maximum atomic E-state index is 11.5. The van der Waals surface area contributed by atoms with E-state index in [4.69, 9.17) is 17.3 Å². The molecule has 0 aliphatic carbocycles. The van der Waals surface area contributed by atoms with Crippen LogP contribution in [0.3, 0.4) is 0 Å². The summed E-state index contributed by atoms with van der Waals surface area (Å²) in [5, 5.41) is 3.79. The van der Waals surface area contributed by atoms with Crippen molar-refractivity contribution in [1.29, 1.82) is 0 Å². The summed E-state index contributed by atoms with van der Waals surface area (Å²) in [5.41, 5.74) is 7.35. The van der Waals surface area contributed by atoms with Crippen molar-refractivity contribution in [2.45, 2.75) is 12.6 Å². The molecular formula is C15H15ClN2O. The third-order valence-electron chi connectivity index (χ3n) is 2.84. The second-order valence-electron chi connectivity index (χ2n) is 4.25. The number of carbonyl (C=O) groups excluding carboxylic acids is 1. The summed E-state index contributed by atoms with van der Waals surface area (Å²) in [6.07, 6.45) is 0. The maximum absolute atomic E-state index is 11.5. The van der Waals surface area contributed by atoms with E-state index in [2.05, 4.69) is 5.32 Å². The molecule has 0 spiro atoms. The quantitative estimate of drug-likeness (QED) is 0.881. The fourth-order valence-electron chi connectivity index (χ4n) is 1.85. The van der Waals surface area contributed by atoms with Gasteiger partial charge >= 0.3 is 0 Å². The Morgan fingerprint density at radius 2 is 1.74 bits per heavy atom. The lowest BCUT2D eigenvalue weighted by Crippen LogP contribution is -2.33. The largest absolute Gasteiger partial charge is 0.368 e. The molecule has 2 aromatic carbocycles. The first kappa shape index (κ1) is 13.6. The normalized spacial score (nSPS) is 12.1. The van der Waals surface area contributed by atoms with Crippen molar-refractivity contribution in [1.82, 2.24) is 5.32 Å². The van der Waals surface area contributed by atoms with Gasteiger partial charge in [-0.3, -0.25) is 10.1 Å². The molecule has 0 aliphatic heterocycles. The van der Waals surface area contributed by atoms with E-state index < -0.39 is 11.9 Å². The van der Waals surface area contributed by atoms with Gasteiger partial charge in [0.2, 0.25) is 5.91 Å². The lowest BCUT2D eigenvalue weighted by molar-refractivity contribution is -0.120. The highest BCUT2D eigenvalue weighted by Crippen LogP contribution is 2.17. The van der Waals surface area contributed by atoms with Crippen LogP contribution in [0.2, 0.25) is 5.02 Å². The van der Waals surface area contributed by atoms with Crippen molar-refractivity contribution < 1.29 is 4.79 Å². The van der Waals surface area contributed by atoms with Gasteiger partial charge in [0.1, 0.15) is 6.04 Å². The topological polar surface area (TPSA) is 55.1 Å². The summed E-state index contributed by atoms with van der Waals surface area (Å²) in [6.45, 7) is 0.580. The molecular weight excluding hydrogens is 260 g/mol. The first-order valence-electron chi connectivity index (χ1n) is 5.99. The Morgan fingerprint density at radius 1 is 1.11 bits per heavy atom. The number of hydrogen-bond donors (Lipinski definition) is 2. The molecule has 98 valence electrons. The number of nitrogens with two attached hydrogens (primary N) is 1. The van der Waals surface area contributed by atoms with Gasteiger partial charge in [0.05, 0.1) is 0 Å².